The molecule has 6 N–H and O–H groups in total. The molecule has 0 aliphatic heterocycles. The second kappa shape index (κ2) is 16.0. The molecule has 0 aliphatic rings. The van der Waals surface area contributed by atoms with E-state index >= 15 is 0 Å². The lowest BCUT2D eigenvalue weighted by Crippen LogP contribution is -2.44. The number of carbonyl (C=O) groups is 2. The van der Waals surface area contributed by atoms with Crippen LogP contribution in [0.1, 0.15) is 39.5 Å². The van der Waals surface area contributed by atoms with Crippen LogP contribution < -0.4 is 27.7 Å². The summed E-state index contributed by atoms with van der Waals surface area (Å²) in [6.07, 6.45) is 5.82. The van der Waals surface area contributed by atoms with Crippen molar-refractivity contribution in [1.29, 1.82) is 0 Å². The van der Waals surface area contributed by atoms with Gasteiger partial charge >= 0.3 is 0 Å². The van der Waals surface area contributed by atoms with Crippen molar-refractivity contribution in [3.63, 3.8) is 0 Å². The number of ketones is 1. The van der Waals surface area contributed by atoms with Crippen LogP contribution in [0.4, 0.5) is 5.82 Å². The molecule has 11 nitrogen and oxygen atoms in total. The maximum absolute atomic E-state index is 13.6. The van der Waals surface area contributed by atoms with Crippen molar-refractivity contribution in [2.24, 2.45) is 16.5 Å². The highest BCUT2D eigenvalue weighted by molar-refractivity contribution is 7.11. The number of Topliss-reactive ketones (excluding diaryl/α,β-unsaturated/α-hetero) is 1. The SMILES string of the molecule is NC(N)=NCCCC(NC(=O)Cn1c(CCc2ccccc2)cnc(NCCc2ccccc2)c1=O)C(=O)c1nccs1. The van der Waals surface area contributed by atoms with Gasteiger partial charge in [-0.05, 0) is 43.2 Å². The molecule has 12 heteroatoms. The van der Waals surface area contributed by atoms with E-state index in [1.54, 1.807) is 11.6 Å². The average molecular weight is 601 g/mol. The zero-order valence-corrected chi connectivity index (χ0v) is 24.6. The quantitative estimate of drug-likeness (QED) is 0.0658. The second-order valence-corrected chi connectivity index (χ2v) is 10.8. The van der Waals surface area contributed by atoms with Crippen molar-refractivity contribution in [2.75, 3.05) is 18.4 Å². The predicted octanol–water partition coefficient (Wildman–Crippen LogP) is 2.56. The molecule has 0 bridgehead atoms. The molecule has 1 unspecified atom stereocenters. The molecule has 224 valence electrons. The number of nitrogens with two attached hydrogens (primary N) is 2. The van der Waals surface area contributed by atoms with E-state index in [-0.39, 0.29) is 24.1 Å². The number of amides is 1. The molecule has 0 fully saturated rings. The van der Waals surface area contributed by atoms with Crippen LogP contribution in [0.25, 0.3) is 0 Å². The number of guanidine groups is 1. The normalized spacial score (nSPS) is 11.4. The van der Waals surface area contributed by atoms with Crippen molar-refractivity contribution < 1.29 is 9.59 Å². The predicted molar refractivity (Wildman–Crippen MR) is 169 cm³/mol. The number of hydrogen-bond acceptors (Lipinski definition) is 8. The van der Waals surface area contributed by atoms with E-state index in [1.165, 1.54) is 22.1 Å². The van der Waals surface area contributed by atoms with E-state index < -0.39 is 17.5 Å². The number of aliphatic imine (C=N–C) groups is 1. The Morgan fingerprint density at radius 3 is 2.30 bits per heavy atom. The highest BCUT2D eigenvalue weighted by Crippen LogP contribution is 2.12. The third kappa shape index (κ3) is 9.60. The Hall–Kier alpha value is -4.84. The van der Waals surface area contributed by atoms with Crippen molar-refractivity contribution in [1.82, 2.24) is 19.9 Å². The maximum atomic E-state index is 13.6. The van der Waals surface area contributed by atoms with Gasteiger partial charge in [-0.1, -0.05) is 60.7 Å². The van der Waals surface area contributed by atoms with Crippen LogP contribution in [0.5, 0.6) is 0 Å². The van der Waals surface area contributed by atoms with Crippen molar-refractivity contribution >= 4 is 34.8 Å². The molecule has 0 aliphatic carbocycles. The van der Waals surface area contributed by atoms with Crippen LogP contribution in [0.15, 0.2) is 88.2 Å². The third-order valence-electron chi connectivity index (χ3n) is 6.74. The maximum Gasteiger partial charge on any atom is 0.293 e. The summed E-state index contributed by atoms with van der Waals surface area (Å²) in [7, 11) is 0. The van der Waals surface area contributed by atoms with Gasteiger partial charge in [0.15, 0.2) is 16.8 Å². The van der Waals surface area contributed by atoms with Gasteiger partial charge in [-0.25, -0.2) is 9.97 Å². The Balaban J connectivity index is 1.51. The fraction of sp³-hybridized carbons (Fsp3) is 0.290. The Kier molecular flexibility index (Phi) is 11.6. The average Bonchev–Trinajstić information content (AvgIpc) is 3.56. The first kappa shape index (κ1) is 31.1. The standard InChI is InChI=1S/C31H36N8O3S/c32-31(33)36-16-7-12-25(27(41)29-35-18-19-43-29)38-26(40)21-39-24(14-13-22-8-3-1-4-9-22)20-37-28(30(39)42)34-17-15-23-10-5-2-6-11-23/h1-6,8-11,18-20,25H,7,12-17,21H2,(H,34,37)(H,38,40)(H4,32,33,36). The van der Waals surface area contributed by atoms with Gasteiger partial charge in [-0.3, -0.25) is 23.9 Å². The molecule has 0 spiro atoms. The molecule has 0 saturated heterocycles. The Morgan fingerprint density at radius 2 is 1.65 bits per heavy atom. The van der Waals surface area contributed by atoms with Crippen molar-refractivity contribution in [3.05, 3.63) is 111 Å². The number of nitrogens with zero attached hydrogens (tertiary/aromatic N) is 4. The Labute approximate surface area is 254 Å². The van der Waals surface area contributed by atoms with Gasteiger partial charge in [0.25, 0.3) is 5.56 Å². The zero-order chi connectivity index (χ0) is 30.4. The van der Waals surface area contributed by atoms with Gasteiger partial charge in [0.1, 0.15) is 6.54 Å². The first-order valence-electron chi connectivity index (χ1n) is 14.1. The molecule has 0 radical (unpaired) electrons. The number of rotatable bonds is 16. The summed E-state index contributed by atoms with van der Waals surface area (Å²) in [4.78, 5) is 52.6. The summed E-state index contributed by atoms with van der Waals surface area (Å²) in [6, 6.07) is 19.0. The number of carbonyl (C=O) groups excluding carboxylic acids is 2. The monoisotopic (exact) mass is 600 g/mol. The van der Waals surface area contributed by atoms with Crippen LogP contribution in [0.2, 0.25) is 0 Å². The van der Waals surface area contributed by atoms with E-state index in [4.69, 9.17) is 11.5 Å². The summed E-state index contributed by atoms with van der Waals surface area (Å²) in [5.74, 6) is -0.649. The first-order valence-corrected chi connectivity index (χ1v) is 15.0. The van der Waals surface area contributed by atoms with E-state index in [0.29, 0.717) is 55.9 Å². The first-order chi connectivity index (χ1) is 20.9. The van der Waals surface area contributed by atoms with Gasteiger partial charge in [0, 0.05) is 36.6 Å². The molecule has 2 aromatic heterocycles. The summed E-state index contributed by atoms with van der Waals surface area (Å²) in [5, 5.41) is 7.94. The minimum Gasteiger partial charge on any atom is -0.370 e. The number of nitrogens with one attached hydrogen (secondary N) is 2. The summed E-state index contributed by atoms with van der Waals surface area (Å²) < 4.78 is 1.43. The van der Waals surface area contributed by atoms with Crippen molar-refractivity contribution in [2.45, 2.75) is 44.7 Å². The van der Waals surface area contributed by atoms with Gasteiger partial charge in [0.05, 0.1) is 6.04 Å². The fourth-order valence-corrected chi connectivity index (χ4v) is 5.18. The molecular weight excluding hydrogens is 564 g/mol. The molecule has 0 saturated carbocycles. The third-order valence-corrected chi connectivity index (χ3v) is 7.53. The molecule has 1 atom stereocenters. The summed E-state index contributed by atoms with van der Waals surface area (Å²) in [6.45, 7) is 0.543. The van der Waals surface area contributed by atoms with E-state index in [1.807, 2.05) is 60.7 Å². The molecule has 2 aromatic carbocycles. The number of aryl methyl sites for hydroxylation is 2. The number of anilines is 1. The van der Waals surface area contributed by atoms with Crippen LogP contribution >= 0.6 is 11.3 Å². The topological polar surface area (TPSA) is 170 Å². The van der Waals surface area contributed by atoms with E-state index in [9.17, 15) is 14.4 Å². The van der Waals surface area contributed by atoms with Crippen LogP contribution in [0.3, 0.4) is 0 Å². The highest BCUT2D eigenvalue weighted by atomic mass is 32.1. The summed E-state index contributed by atoms with van der Waals surface area (Å²) in [5.41, 5.74) is 13.3. The molecular formula is C31H36N8O3S. The Bertz CT molecular complexity index is 1550. The number of aromatic nitrogens is 3. The number of hydrogen-bond donors (Lipinski definition) is 4. The van der Waals surface area contributed by atoms with Crippen LogP contribution in [-0.2, 0) is 30.6 Å². The molecule has 4 aromatic rings. The van der Waals surface area contributed by atoms with Gasteiger partial charge < -0.3 is 22.1 Å². The van der Waals surface area contributed by atoms with Gasteiger partial charge in [0.2, 0.25) is 11.7 Å². The largest absolute Gasteiger partial charge is 0.370 e. The molecule has 2 heterocycles. The van der Waals surface area contributed by atoms with E-state index in [0.717, 1.165) is 11.1 Å². The van der Waals surface area contributed by atoms with Crippen molar-refractivity contribution in [3.8, 4) is 0 Å². The minimum atomic E-state index is -0.846. The molecule has 43 heavy (non-hydrogen) atoms. The number of thiazole rings is 1. The minimum absolute atomic E-state index is 0.0416. The summed E-state index contributed by atoms with van der Waals surface area (Å²) >= 11 is 1.20. The molecule has 4 rings (SSSR count). The highest BCUT2D eigenvalue weighted by Gasteiger charge is 2.24. The van der Waals surface area contributed by atoms with Crippen LogP contribution in [0, 0.1) is 0 Å². The zero-order valence-electron chi connectivity index (χ0n) is 23.8. The van der Waals surface area contributed by atoms with Crippen LogP contribution in [-0.4, -0.2) is 51.3 Å². The van der Waals surface area contributed by atoms with Gasteiger partial charge in [-0.15, -0.1) is 11.3 Å². The lowest BCUT2D eigenvalue weighted by Gasteiger charge is -2.19. The fourth-order valence-electron chi connectivity index (χ4n) is 4.55. The van der Waals surface area contributed by atoms with E-state index in [2.05, 4.69) is 25.6 Å². The Morgan fingerprint density at radius 1 is 0.953 bits per heavy atom. The smallest absolute Gasteiger partial charge is 0.293 e. The lowest BCUT2D eigenvalue weighted by molar-refractivity contribution is -0.122. The molecule has 1 amide bonds. The number of benzene rings is 2. The van der Waals surface area contributed by atoms with Gasteiger partial charge in [-0.2, -0.15) is 0 Å². The lowest BCUT2D eigenvalue weighted by atomic mass is 10.1. The second-order valence-electron chi connectivity index (χ2n) is 9.91.